The smallest absolute Gasteiger partial charge is 0.251 e. The number of ether oxygens (including phenoxy) is 1. The van der Waals surface area contributed by atoms with Crippen molar-refractivity contribution in [3.05, 3.63) is 59.7 Å². The van der Waals surface area contributed by atoms with E-state index in [9.17, 15) is 19.5 Å². The number of piperazine rings is 1. The standard InChI is InChI=1S/C33H44N4O5S.ClH/c1-3-4-17-37-31(40)28(29(38)24-13-20-42-21-14-24)35-32(41)33(37)15-18-36(19-16-33)22-23-5-9-26(10-6-23)43-27-11-7-25(8-12-27)30(39)34-2;/h5-12,24,28-29,38H,3-4,13-22H2,1-2H3,(H,34,39)(H,35,41);1H/t28-,29-;/m1./s1. The van der Waals surface area contributed by atoms with Crippen LogP contribution in [0, 0.1) is 5.92 Å². The number of aliphatic hydroxyl groups is 1. The summed E-state index contributed by atoms with van der Waals surface area (Å²) in [6.07, 6.45) is 3.40. The Labute approximate surface area is 270 Å². The lowest BCUT2D eigenvalue weighted by Gasteiger charge is -2.52. The normalized spacial score (nSPS) is 21.4. The number of carbonyl (C=O) groups is 3. The van der Waals surface area contributed by atoms with Crippen molar-refractivity contribution in [1.82, 2.24) is 20.4 Å². The number of nitrogens with zero attached hydrogens (tertiary/aromatic N) is 2. The number of hydrogen-bond acceptors (Lipinski definition) is 7. The molecule has 2 aromatic rings. The predicted molar refractivity (Wildman–Crippen MR) is 173 cm³/mol. The minimum Gasteiger partial charge on any atom is -0.390 e. The van der Waals surface area contributed by atoms with Crippen molar-refractivity contribution < 1.29 is 24.2 Å². The number of hydrogen-bond donors (Lipinski definition) is 3. The third kappa shape index (κ3) is 7.59. The number of halogens is 1. The molecule has 3 aliphatic rings. The summed E-state index contributed by atoms with van der Waals surface area (Å²) in [7, 11) is 1.63. The number of aliphatic hydroxyl groups excluding tert-OH is 1. The second-order valence-corrected chi connectivity index (χ2v) is 13.0. The number of rotatable bonds is 10. The molecule has 11 heteroatoms. The number of unbranched alkanes of at least 4 members (excludes halogenated alkanes) is 1. The Morgan fingerprint density at radius 3 is 2.27 bits per heavy atom. The highest BCUT2D eigenvalue weighted by Gasteiger charge is 2.55. The number of amides is 3. The summed E-state index contributed by atoms with van der Waals surface area (Å²) in [5, 5.41) is 16.7. The Hall–Kier alpha value is -2.63. The van der Waals surface area contributed by atoms with E-state index in [2.05, 4.69) is 46.7 Å². The van der Waals surface area contributed by atoms with Crippen LogP contribution in [0.1, 0.15) is 61.4 Å². The molecule has 240 valence electrons. The first-order valence-electron chi connectivity index (χ1n) is 15.5. The van der Waals surface area contributed by atoms with Crippen molar-refractivity contribution in [2.75, 3.05) is 39.9 Å². The molecule has 9 nitrogen and oxygen atoms in total. The minimum absolute atomic E-state index is 0. The molecule has 3 amide bonds. The van der Waals surface area contributed by atoms with E-state index in [1.54, 1.807) is 18.8 Å². The van der Waals surface area contributed by atoms with Crippen molar-refractivity contribution >= 4 is 41.9 Å². The first-order valence-corrected chi connectivity index (χ1v) is 16.4. The number of likely N-dealkylation sites (tertiary alicyclic amines) is 1. The molecule has 0 saturated carbocycles. The molecule has 3 aliphatic heterocycles. The van der Waals surface area contributed by atoms with Crippen LogP contribution in [-0.4, -0.2) is 90.2 Å². The molecular formula is C33H45ClN4O5S. The van der Waals surface area contributed by atoms with Crippen LogP contribution < -0.4 is 10.6 Å². The van der Waals surface area contributed by atoms with Gasteiger partial charge in [-0.1, -0.05) is 37.2 Å². The molecule has 2 atom stereocenters. The van der Waals surface area contributed by atoms with Crippen LogP contribution in [0.25, 0.3) is 0 Å². The van der Waals surface area contributed by atoms with Gasteiger partial charge >= 0.3 is 0 Å². The fourth-order valence-electron chi connectivity index (χ4n) is 6.49. The summed E-state index contributed by atoms with van der Waals surface area (Å²) in [6, 6.07) is 15.2. The zero-order chi connectivity index (χ0) is 30.4. The van der Waals surface area contributed by atoms with Crippen molar-refractivity contribution in [2.24, 2.45) is 5.92 Å². The van der Waals surface area contributed by atoms with Crippen molar-refractivity contribution in [2.45, 2.75) is 79.5 Å². The van der Waals surface area contributed by atoms with E-state index < -0.39 is 17.7 Å². The quantitative estimate of drug-likeness (QED) is 0.360. The number of nitrogens with one attached hydrogen (secondary N) is 2. The van der Waals surface area contributed by atoms with Gasteiger partial charge in [0.05, 0.1) is 6.10 Å². The summed E-state index contributed by atoms with van der Waals surface area (Å²) in [5.41, 5.74) is 0.978. The van der Waals surface area contributed by atoms with Gasteiger partial charge in [0.1, 0.15) is 11.6 Å². The predicted octanol–water partition coefficient (Wildman–Crippen LogP) is 3.87. The van der Waals surface area contributed by atoms with Gasteiger partial charge in [0.25, 0.3) is 5.91 Å². The topological polar surface area (TPSA) is 111 Å². The van der Waals surface area contributed by atoms with Crippen molar-refractivity contribution in [1.29, 1.82) is 0 Å². The largest absolute Gasteiger partial charge is 0.390 e. The Morgan fingerprint density at radius 2 is 1.68 bits per heavy atom. The van der Waals surface area contributed by atoms with Crippen molar-refractivity contribution in [3.8, 4) is 0 Å². The van der Waals surface area contributed by atoms with Gasteiger partial charge in [-0.2, -0.15) is 0 Å². The van der Waals surface area contributed by atoms with Gasteiger partial charge in [-0.15, -0.1) is 12.4 Å². The SMILES string of the molecule is CCCCN1C(=O)[C@@H]([C@H](O)C2CCOCC2)NC(=O)C12CCN(Cc1ccc(Sc3ccc(C(=O)NC)cc3)cc1)CC2.Cl. The molecule has 1 spiro atoms. The first-order chi connectivity index (χ1) is 20.8. The lowest BCUT2D eigenvalue weighted by Crippen LogP contribution is -2.75. The van der Waals surface area contributed by atoms with Gasteiger partial charge in [0.15, 0.2) is 0 Å². The molecule has 3 N–H and O–H groups in total. The van der Waals surface area contributed by atoms with E-state index in [0.29, 0.717) is 64.1 Å². The summed E-state index contributed by atoms with van der Waals surface area (Å²) in [4.78, 5) is 45.7. The fourth-order valence-corrected chi connectivity index (χ4v) is 7.31. The van der Waals surface area contributed by atoms with E-state index >= 15 is 0 Å². The molecule has 0 aromatic heterocycles. The number of carbonyl (C=O) groups excluding carboxylic acids is 3. The Bertz CT molecular complexity index is 1260. The third-order valence-electron chi connectivity index (χ3n) is 9.18. The van der Waals surface area contributed by atoms with E-state index in [1.807, 2.05) is 29.2 Å². The molecule has 3 heterocycles. The van der Waals surface area contributed by atoms with Crippen LogP contribution in [0.2, 0.25) is 0 Å². The average Bonchev–Trinajstić information content (AvgIpc) is 3.04. The van der Waals surface area contributed by atoms with Gasteiger partial charge in [0.2, 0.25) is 11.8 Å². The van der Waals surface area contributed by atoms with Crippen molar-refractivity contribution in [3.63, 3.8) is 0 Å². The molecule has 0 aliphatic carbocycles. The maximum absolute atomic E-state index is 13.8. The lowest BCUT2D eigenvalue weighted by atomic mass is 9.79. The van der Waals surface area contributed by atoms with Gasteiger partial charge < -0.3 is 25.4 Å². The maximum Gasteiger partial charge on any atom is 0.251 e. The summed E-state index contributed by atoms with van der Waals surface area (Å²) < 4.78 is 5.43. The van der Waals surface area contributed by atoms with E-state index in [0.717, 1.165) is 29.2 Å². The molecule has 2 aromatic carbocycles. The maximum atomic E-state index is 13.8. The second-order valence-electron chi connectivity index (χ2n) is 11.9. The van der Waals surface area contributed by atoms with Gasteiger partial charge in [-0.3, -0.25) is 19.3 Å². The summed E-state index contributed by atoms with van der Waals surface area (Å²) in [6.45, 7) is 5.97. The van der Waals surface area contributed by atoms with Crippen LogP contribution in [0.5, 0.6) is 0 Å². The molecule has 0 unspecified atom stereocenters. The average molecular weight is 645 g/mol. The fraction of sp³-hybridized carbons (Fsp3) is 0.545. The molecular weight excluding hydrogens is 600 g/mol. The van der Waals surface area contributed by atoms with Crippen LogP contribution in [0.4, 0.5) is 0 Å². The van der Waals surface area contributed by atoms with Crippen LogP contribution in [-0.2, 0) is 20.9 Å². The van der Waals surface area contributed by atoms with Gasteiger partial charge in [-0.05, 0) is 80.0 Å². The van der Waals surface area contributed by atoms with Gasteiger partial charge in [0, 0.05) is 61.8 Å². The Morgan fingerprint density at radius 1 is 1.07 bits per heavy atom. The molecule has 0 radical (unpaired) electrons. The summed E-state index contributed by atoms with van der Waals surface area (Å²) >= 11 is 1.65. The molecule has 3 saturated heterocycles. The number of piperidine rings is 1. The zero-order valence-electron chi connectivity index (χ0n) is 25.6. The highest BCUT2D eigenvalue weighted by molar-refractivity contribution is 7.99. The van der Waals surface area contributed by atoms with Crippen LogP contribution >= 0.6 is 24.2 Å². The first kappa shape index (κ1) is 34.2. The van der Waals surface area contributed by atoms with E-state index in [4.69, 9.17) is 4.74 Å². The van der Waals surface area contributed by atoms with E-state index in [1.165, 1.54) is 5.56 Å². The van der Waals surface area contributed by atoms with Crippen LogP contribution in [0.3, 0.4) is 0 Å². The minimum atomic E-state index is -0.898. The molecule has 0 bridgehead atoms. The Kier molecular flexibility index (Phi) is 12.1. The van der Waals surface area contributed by atoms with E-state index in [-0.39, 0.29) is 36.0 Å². The lowest BCUT2D eigenvalue weighted by molar-refractivity contribution is -0.166. The van der Waals surface area contributed by atoms with Crippen LogP contribution in [0.15, 0.2) is 58.3 Å². The zero-order valence-corrected chi connectivity index (χ0v) is 27.3. The number of benzene rings is 2. The molecule has 3 fully saturated rings. The second kappa shape index (κ2) is 15.6. The molecule has 44 heavy (non-hydrogen) atoms. The highest BCUT2D eigenvalue weighted by atomic mass is 35.5. The highest BCUT2D eigenvalue weighted by Crippen LogP contribution is 2.36. The van der Waals surface area contributed by atoms with Gasteiger partial charge in [-0.25, -0.2) is 0 Å². The monoisotopic (exact) mass is 644 g/mol. The Balaban J connectivity index is 0.00000442. The molecule has 5 rings (SSSR count). The summed E-state index contributed by atoms with van der Waals surface area (Å²) in [5.74, 6) is -0.408. The third-order valence-corrected chi connectivity index (χ3v) is 10.2.